The molecular formula is C20H30N4O7S. The summed E-state index contributed by atoms with van der Waals surface area (Å²) < 4.78 is 0. The Hall–Kier alpha value is -2.83. The first-order valence-electron chi connectivity index (χ1n) is 9.89. The van der Waals surface area contributed by atoms with E-state index in [0.717, 1.165) is 0 Å². The largest absolute Gasteiger partial charge is 0.508 e. The number of nitrogens with two attached hydrogens (primary N) is 1. The first-order valence-corrected chi connectivity index (χ1v) is 10.5. The highest BCUT2D eigenvalue weighted by Crippen LogP contribution is 2.11. The first kappa shape index (κ1) is 27.2. The number of carbonyl (C=O) groups is 4. The highest BCUT2D eigenvalue weighted by molar-refractivity contribution is 7.80. The zero-order valence-electron chi connectivity index (χ0n) is 17.8. The Morgan fingerprint density at radius 2 is 1.50 bits per heavy atom. The predicted octanol–water partition coefficient (Wildman–Crippen LogP) is -1.62. The van der Waals surface area contributed by atoms with Crippen LogP contribution in [-0.4, -0.2) is 75.5 Å². The Morgan fingerprint density at radius 1 is 0.969 bits per heavy atom. The number of carbonyl (C=O) groups excluding carboxylic acids is 3. The normalized spacial score (nSPS) is 14.7. The van der Waals surface area contributed by atoms with Crippen molar-refractivity contribution in [1.82, 2.24) is 16.0 Å². The maximum absolute atomic E-state index is 12.5. The molecule has 0 saturated carbocycles. The van der Waals surface area contributed by atoms with Crippen LogP contribution in [0.2, 0.25) is 0 Å². The van der Waals surface area contributed by atoms with Gasteiger partial charge in [0.1, 0.15) is 23.9 Å². The fraction of sp³-hybridized carbons (Fsp3) is 0.500. The Labute approximate surface area is 191 Å². The van der Waals surface area contributed by atoms with Crippen LogP contribution in [-0.2, 0) is 25.6 Å². The smallest absolute Gasteiger partial charge is 0.326 e. The van der Waals surface area contributed by atoms with E-state index in [1.54, 1.807) is 26.0 Å². The SMILES string of the molecule is CC(C)C(NC(=O)C(CO)NC(=O)C(CS)NC(=O)C(N)Cc1ccc(O)cc1)C(=O)O. The Morgan fingerprint density at radius 3 is 1.97 bits per heavy atom. The van der Waals surface area contributed by atoms with Gasteiger partial charge >= 0.3 is 5.97 Å². The Bertz CT molecular complexity index is 804. The number of hydrogen-bond acceptors (Lipinski definition) is 8. The van der Waals surface area contributed by atoms with Crippen molar-refractivity contribution in [2.24, 2.45) is 11.7 Å². The molecule has 0 fully saturated rings. The number of aromatic hydroxyl groups is 1. The second-order valence-corrected chi connectivity index (χ2v) is 7.90. The number of rotatable bonds is 12. The molecule has 1 aromatic carbocycles. The van der Waals surface area contributed by atoms with Crippen LogP contribution < -0.4 is 21.7 Å². The van der Waals surface area contributed by atoms with Crippen LogP contribution in [0.15, 0.2) is 24.3 Å². The van der Waals surface area contributed by atoms with E-state index in [0.29, 0.717) is 5.56 Å². The number of thiol groups is 1. The maximum atomic E-state index is 12.5. The second kappa shape index (κ2) is 12.9. The molecule has 0 aliphatic heterocycles. The number of amides is 3. The molecule has 12 heteroatoms. The van der Waals surface area contributed by atoms with Gasteiger partial charge in [0, 0.05) is 5.75 Å². The van der Waals surface area contributed by atoms with Crippen molar-refractivity contribution >= 4 is 36.3 Å². The molecule has 11 nitrogen and oxygen atoms in total. The molecule has 0 bridgehead atoms. The zero-order chi connectivity index (χ0) is 24.4. The lowest BCUT2D eigenvalue weighted by molar-refractivity contribution is -0.143. The van der Waals surface area contributed by atoms with Crippen molar-refractivity contribution in [3.05, 3.63) is 29.8 Å². The third-order valence-electron chi connectivity index (χ3n) is 4.59. The highest BCUT2D eigenvalue weighted by Gasteiger charge is 2.30. The molecule has 4 atom stereocenters. The summed E-state index contributed by atoms with van der Waals surface area (Å²) in [7, 11) is 0. The fourth-order valence-corrected chi connectivity index (χ4v) is 2.94. The number of nitrogens with one attached hydrogen (secondary N) is 3. The van der Waals surface area contributed by atoms with E-state index < -0.39 is 60.4 Å². The molecule has 1 aromatic rings. The van der Waals surface area contributed by atoms with E-state index >= 15 is 0 Å². The lowest BCUT2D eigenvalue weighted by Gasteiger charge is -2.24. The fourth-order valence-electron chi connectivity index (χ4n) is 2.69. The lowest BCUT2D eigenvalue weighted by atomic mass is 10.0. The van der Waals surface area contributed by atoms with Gasteiger partial charge in [-0.2, -0.15) is 12.6 Å². The molecule has 3 amide bonds. The zero-order valence-corrected chi connectivity index (χ0v) is 18.7. The second-order valence-electron chi connectivity index (χ2n) is 7.53. The highest BCUT2D eigenvalue weighted by atomic mass is 32.1. The maximum Gasteiger partial charge on any atom is 0.326 e. The summed E-state index contributed by atoms with van der Waals surface area (Å²) in [4.78, 5) is 48.4. The molecule has 32 heavy (non-hydrogen) atoms. The standard InChI is InChI=1S/C20H30N4O7S/c1-10(2)16(20(30)31)24-18(28)14(8-25)22-19(29)15(9-32)23-17(27)13(21)7-11-3-5-12(26)6-4-11/h3-6,10,13-16,25-26,32H,7-9,21H2,1-2H3,(H,22,29)(H,23,27)(H,24,28)(H,30,31). The van der Waals surface area contributed by atoms with E-state index in [1.165, 1.54) is 12.1 Å². The summed E-state index contributed by atoms with van der Waals surface area (Å²) in [6, 6.07) is 1.36. The predicted molar refractivity (Wildman–Crippen MR) is 119 cm³/mol. The van der Waals surface area contributed by atoms with Crippen LogP contribution in [0.25, 0.3) is 0 Å². The molecule has 178 valence electrons. The molecule has 0 aliphatic rings. The van der Waals surface area contributed by atoms with Crippen molar-refractivity contribution in [2.75, 3.05) is 12.4 Å². The number of carboxylic acid groups (broad SMARTS) is 1. The van der Waals surface area contributed by atoms with Crippen LogP contribution in [0, 0.1) is 5.92 Å². The summed E-state index contributed by atoms with van der Waals surface area (Å²) in [5, 5.41) is 34.9. The third kappa shape index (κ3) is 8.36. The van der Waals surface area contributed by atoms with Gasteiger partial charge in [-0.05, 0) is 30.0 Å². The van der Waals surface area contributed by atoms with Gasteiger partial charge < -0.3 is 37.0 Å². The van der Waals surface area contributed by atoms with E-state index in [4.69, 9.17) is 5.73 Å². The van der Waals surface area contributed by atoms with Gasteiger partial charge in [-0.1, -0.05) is 26.0 Å². The minimum atomic E-state index is -1.42. The van der Waals surface area contributed by atoms with Gasteiger partial charge in [-0.15, -0.1) is 0 Å². The van der Waals surface area contributed by atoms with E-state index in [-0.39, 0.29) is 17.9 Å². The van der Waals surface area contributed by atoms with Crippen LogP contribution >= 0.6 is 12.6 Å². The van der Waals surface area contributed by atoms with Crippen molar-refractivity contribution < 1.29 is 34.5 Å². The molecular weight excluding hydrogens is 440 g/mol. The van der Waals surface area contributed by atoms with Crippen LogP contribution in [0.3, 0.4) is 0 Å². The number of phenolic OH excluding ortho intramolecular Hbond substituents is 1. The first-order chi connectivity index (χ1) is 15.0. The van der Waals surface area contributed by atoms with Gasteiger partial charge in [0.05, 0.1) is 12.6 Å². The summed E-state index contributed by atoms with van der Waals surface area (Å²) in [6.45, 7) is 2.41. The molecule has 1 rings (SSSR count). The van der Waals surface area contributed by atoms with Gasteiger partial charge in [-0.3, -0.25) is 14.4 Å². The van der Waals surface area contributed by atoms with Gasteiger partial charge in [-0.25, -0.2) is 4.79 Å². The summed E-state index contributed by atoms with van der Waals surface area (Å²) >= 11 is 4.04. The average Bonchev–Trinajstić information content (AvgIpc) is 2.74. The molecule has 8 N–H and O–H groups in total. The van der Waals surface area contributed by atoms with E-state index in [9.17, 15) is 34.5 Å². The van der Waals surface area contributed by atoms with Crippen molar-refractivity contribution in [1.29, 1.82) is 0 Å². The van der Waals surface area contributed by atoms with Crippen LogP contribution in [0.1, 0.15) is 19.4 Å². The lowest BCUT2D eigenvalue weighted by Crippen LogP contribution is -2.59. The quantitative estimate of drug-likeness (QED) is 0.167. The van der Waals surface area contributed by atoms with Gasteiger partial charge in [0.15, 0.2) is 0 Å². The molecule has 0 spiro atoms. The molecule has 0 aliphatic carbocycles. The monoisotopic (exact) mass is 470 g/mol. The van der Waals surface area contributed by atoms with Gasteiger partial charge in [0.2, 0.25) is 17.7 Å². The van der Waals surface area contributed by atoms with E-state index in [2.05, 4.69) is 28.6 Å². The Balaban J connectivity index is 2.72. The van der Waals surface area contributed by atoms with Crippen LogP contribution in [0.4, 0.5) is 0 Å². The van der Waals surface area contributed by atoms with Crippen molar-refractivity contribution in [3.63, 3.8) is 0 Å². The number of carboxylic acids is 1. The average molecular weight is 471 g/mol. The molecule has 0 radical (unpaired) electrons. The minimum absolute atomic E-state index is 0.0733. The summed E-state index contributed by atoms with van der Waals surface area (Å²) in [5.74, 6) is -4.03. The van der Waals surface area contributed by atoms with Crippen LogP contribution in [0.5, 0.6) is 5.75 Å². The Kier molecular flexibility index (Phi) is 11.0. The molecule has 4 unspecified atom stereocenters. The number of phenols is 1. The summed E-state index contributed by atoms with van der Waals surface area (Å²) in [6.07, 6.45) is 0.153. The van der Waals surface area contributed by atoms with Gasteiger partial charge in [0.25, 0.3) is 0 Å². The minimum Gasteiger partial charge on any atom is -0.508 e. The summed E-state index contributed by atoms with van der Waals surface area (Å²) in [5.41, 5.74) is 6.59. The number of benzene rings is 1. The number of aliphatic carboxylic acids is 1. The third-order valence-corrected chi connectivity index (χ3v) is 4.96. The number of aliphatic hydroxyl groups is 1. The molecule has 0 aromatic heterocycles. The number of aliphatic hydroxyl groups excluding tert-OH is 1. The van der Waals surface area contributed by atoms with E-state index in [1.807, 2.05) is 0 Å². The topological polar surface area (TPSA) is 191 Å². The molecule has 0 saturated heterocycles. The number of hydrogen-bond donors (Lipinski definition) is 8. The van der Waals surface area contributed by atoms with Crippen molar-refractivity contribution in [3.8, 4) is 5.75 Å². The molecule has 0 heterocycles. The van der Waals surface area contributed by atoms with Crippen molar-refractivity contribution in [2.45, 2.75) is 44.4 Å².